The van der Waals surface area contributed by atoms with Gasteiger partial charge in [-0.3, -0.25) is 4.79 Å². The highest BCUT2D eigenvalue weighted by Crippen LogP contribution is 2.52. The van der Waals surface area contributed by atoms with Crippen LogP contribution in [-0.4, -0.2) is 18.8 Å². The number of hydrogen-bond donors (Lipinski definition) is 1. The van der Waals surface area contributed by atoms with E-state index in [2.05, 4.69) is 0 Å². The van der Waals surface area contributed by atoms with Crippen molar-refractivity contribution in [3.8, 4) is 0 Å². The third-order valence-electron chi connectivity index (χ3n) is 3.72. The number of nitrogens with two attached hydrogens (primary N) is 1. The van der Waals surface area contributed by atoms with E-state index in [1.54, 1.807) is 6.07 Å². The van der Waals surface area contributed by atoms with Gasteiger partial charge in [-0.05, 0) is 42.9 Å². The number of carbonyl (C=O) groups excluding carboxylic acids is 1. The molecule has 20 heavy (non-hydrogen) atoms. The number of methoxy groups -OCH3 is 1. The maximum absolute atomic E-state index is 14.0. The summed E-state index contributed by atoms with van der Waals surface area (Å²) in [5.41, 5.74) is 6.53. The Hall–Kier alpha value is -1.07. The molecule has 1 atom stereocenters. The van der Waals surface area contributed by atoms with Crippen LogP contribution in [0, 0.1) is 11.2 Å². The zero-order valence-electron chi connectivity index (χ0n) is 11.8. The predicted molar refractivity (Wildman–Crippen MR) is 78.0 cm³/mol. The number of rotatable bonds is 6. The lowest BCUT2D eigenvalue weighted by Crippen LogP contribution is -2.13. The summed E-state index contributed by atoms with van der Waals surface area (Å²) in [6.07, 6.45) is 2.44. The van der Waals surface area contributed by atoms with Gasteiger partial charge in [0, 0.05) is 16.7 Å². The predicted octanol–water partition coefficient (Wildman–Crippen LogP) is 3.28. The monoisotopic (exact) mass is 297 g/mol. The lowest BCUT2D eigenvalue weighted by molar-refractivity contribution is -0.141. The molecule has 0 radical (unpaired) electrons. The molecule has 1 aliphatic rings. The maximum atomic E-state index is 14.0. The molecule has 2 N–H and O–H groups in total. The SMILES string of the molecule is COC(=O)CC1(CSc2ccc(C(C)N)cc2F)CC1. The summed E-state index contributed by atoms with van der Waals surface area (Å²) in [5.74, 6) is 0.325. The molecule has 0 saturated heterocycles. The fourth-order valence-electron chi connectivity index (χ4n) is 2.08. The zero-order chi connectivity index (χ0) is 14.8. The molecule has 0 bridgehead atoms. The van der Waals surface area contributed by atoms with Gasteiger partial charge in [-0.15, -0.1) is 11.8 Å². The first-order chi connectivity index (χ1) is 9.46. The molecule has 1 aromatic rings. The summed E-state index contributed by atoms with van der Waals surface area (Å²) in [6.45, 7) is 1.83. The van der Waals surface area contributed by atoms with Gasteiger partial charge in [0.1, 0.15) is 5.82 Å². The summed E-state index contributed by atoms with van der Waals surface area (Å²) < 4.78 is 18.7. The van der Waals surface area contributed by atoms with E-state index >= 15 is 0 Å². The van der Waals surface area contributed by atoms with E-state index in [9.17, 15) is 9.18 Å². The first-order valence-corrected chi connectivity index (χ1v) is 7.69. The molecule has 5 heteroatoms. The van der Waals surface area contributed by atoms with Gasteiger partial charge in [-0.25, -0.2) is 4.39 Å². The number of carbonyl (C=O) groups is 1. The Labute approximate surface area is 123 Å². The Balaban J connectivity index is 1.96. The van der Waals surface area contributed by atoms with Gasteiger partial charge in [0.2, 0.25) is 0 Å². The number of halogens is 1. The van der Waals surface area contributed by atoms with Crippen LogP contribution in [0.25, 0.3) is 0 Å². The molecule has 0 aromatic heterocycles. The molecule has 1 unspecified atom stereocenters. The van der Waals surface area contributed by atoms with E-state index in [-0.39, 0.29) is 23.2 Å². The minimum atomic E-state index is -0.237. The lowest BCUT2D eigenvalue weighted by Gasteiger charge is -2.14. The molecule has 3 nitrogen and oxygen atoms in total. The number of esters is 1. The first-order valence-electron chi connectivity index (χ1n) is 6.70. The second-order valence-corrected chi connectivity index (χ2v) is 6.54. The van der Waals surface area contributed by atoms with Crippen LogP contribution >= 0.6 is 11.8 Å². The maximum Gasteiger partial charge on any atom is 0.306 e. The van der Waals surface area contributed by atoms with Crippen LogP contribution in [0.5, 0.6) is 0 Å². The van der Waals surface area contributed by atoms with E-state index in [0.29, 0.717) is 11.3 Å². The van der Waals surface area contributed by atoms with E-state index in [1.807, 2.05) is 13.0 Å². The third kappa shape index (κ3) is 3.73. The van der Waals surface area contributed by atoms with Crippen LogP contribution in [0.15, 0.2) is 23.1 Å². The average Bonchev–Trinajstić information content (AvgIpc) is 3.17. The van der Waals surface area contributed by atoms with Crippen molar-refractivity contribution in [1.29, 1.82) is 0 Å². The van der Waals surface area contributed by atoms with Gasteiger partial charge in [-0.1, -0.05) is 6.07 Å². The minimum absolute atomic E-state index is 0.00400. The van der Waals surface area contributed by atoms with Gasteiger partial charge in [-0.2, -0.15) is 0 Å². The van der Waals surface area contributed by atoms with Crippen LogP contribution in [0.3, 0.4) is 0 Å². The molecule has 1 aliphatic carbocycles. The van der Waals surface area contributed by atoms with Crippen molar-refractivity contribution in [3.05, 3.63) is 29.6 Å². The van der Waals surface area contributed by atoms with Crippen molar-refractivity contribution in [3.63, 3.8) is 0 Å². The second kappa shape index (κ2) is 6.14. The Morgan fingerprint density at radius 3 is 2.75 bits per heavy atom. The number of hydrogen-bond acceptors (Lipinski definition) is 4. The van der Waals surface area contributed by atoms with Gasteiger partial charge in [0.05, 0.1) is 13.5 Å². The molecule has 0 heterocycles. The second-order valence-electron chi connectivity index (χ2n) is 5.52. The molecule has 0 spiro atoms. The number of ether oxygens (including phenoxy) is 1. The fourth-order valence-corrected chi connectivity index (χ4v) is 3.29. The molecular weight excluding hydrogens is 277 g/mol. The molecule has 1 fully saturated rings. The van der Waals surface area contributed by atoms with Crippen LogP contribution in [-0.2, 0) is 9.53 Å². The van der Waals surface area contributed by atoms with Crippen LogP contribution in [0.2, 0.25) is 0 Å². The molecule has 0 amide bonds. The summed E-state index contributed by atoms with van der Waals surface area (Å²) in [6, 6.07) is 4.95. The highest BCUT2D eigenvalue weighted by Gasteiger charge is 2.44. The number of thioether (sulfide) groups is 1. The normalized spacial score (nSPS) is 17.6. The van der Waals surface area contributed by atoms with Gasteiger partial charge < -0.3 is 10.5 Å². The van der Waals surface area contributed by atoms with Crippen molar-refractivity contribution < 1.29 is 13.9 Å². The summed E-state index contributed by atoms with van der Waals surface area (Å²) in [7, 11) is 1.40. The first kappa shape index (κ1) is 15.3. The van der Waals surface area contributed by atoms with Gasteiger partial charge in [0.15, 0.2) is 0 Å². The highest BCUT2D eigenvalue weighted by molar-refractivity contribution is 7.99. The third-order valence-corrected chi connectivity index (χ3v) is 5.12. The Morgan fingerprint density at radius 2 is 2.25 bits per heavy atom. The van der Waals surface area contributed by atoms with Crippen molar-refractivity contribution >= 4 is 17.7 Å². The lowest BCUT2D eigenvalue weighted by atomic mass is 10.1. The molecule has 110 valence electrons. The fraction of sp³-hybridized carbons (Fsp3) is 0.533. The van der Waals surface area contributed by atoms with Crippen molar-refractivity contribution in [2.75, 3.05) is 12.9 Å². The van der Waals surface area contributed by atoms with Crippen LogP contribution < -0.4 is 5.73 Å². The topological polar surface area (TPSA) is 52.3 Å². The molecule has 0 aliphatic heterocycles. The molecule has 1 aromatic carbocycles. The smallest absolute Gasteiger partial charge is 0.306 e. The van der Waals surface area contributed by atoms with Gasteiger partial charge in [0.25, 0.3) is 0 Å². The molecule has 2 rings (SSSR count). The quantitative estimate of drug-likeness (QED) is 0.646. The van der Waals surface area contributed by atoms with E-state index in [4.69, 9.17) is 10.5 Å². The number of benzene rings is 1. The average molecular weight is 297 g/mol. The molecule has 1 saturated carbocycles. The van der Waals surface area contributed by atoms with E-state index < -0.39 is 0 Å². The summed E-state index contributed by atoms with van der Waals surface area (Å²) in [4.78, 5) is 12.0. The summed E-state index contributed by atoms with van der Waals surface area (Å²) in [5, 5.41) is 0. The van der Waals surface area contributed by atoms with Gasteiger partial charge >= 0.3 is 5.97 Å². The Kier molecular flexibility index (Phi) is 4.70. The standard InChI is InChI=1S/C15H20FNO2S/c1-10(17)11-3-4-13(12(16)7-11)20-9-15(5-6-15)8-14(18)19-2/h3-4,7,10H,5-6,8-9,17H2,1-2H3. The van der Waals surface area contributed by atoms with Crippen LogP contribution in [0.4, 0.5) is 4.39 Å². The van der Waals surface area contributed by atoms with Crippen molar-refractivity contribution in [2.24, 2.45) is 11.1 Å². The molecular formula is C15H20FNO2S. The zero-order valence-corrected chi connectivity index (χ0v) is 12.6. The Morgan fingerprint density at radius 1 is 1.55 bits per heavy atom. The van der Waals surface area contributed by atoms with Crippen molar-refractivity contribution in [1.82, 2.24) is 0 Å². The van der Waals surface area contributed by atoms with E-state index in [1.165, 1.54) is 24.9 Å². The van der Waals surface area contributed by atoms with Crippen molar-refractivity contribution in [2.45, 2.75) is 37.1 Å². The Bertz CT molecular complexity index is 501. The minimum Gasteiger partial charge on any atom is -0.469 e. The van der Waals surface area contributed by atoms with E-state index in [0.717, 1.165) is 24.2 Å². The van der Waals surface area contributed by atoms with Crippen LogP contribution in [0.1, 0.15) is 37.8 Å². The summed E-state index contributed by atoms with van der Waals surface area (Å²) >= 11 is 1.47. The highest BCUT2D eigenvalue weighted by atomic mass is 32.2. The largest absolute Gasteiger partial charge is 0.469 e.